The largest absolute Gasteiger partial charge is 0.355 e. The number of hydrogen-bond donors (Lipinski definition) is 2. The topological polar surface area (TPSA) is 65.7 Å². The van der Waals surface area contributed by atoms with Crippen LogP contribution in [0.4, 0.5) is 0 Å². The summed E-state index contributed by atoms with van der Waals surface area (Å²) >= 11 is 0. The molecule has 0 amide bonds. The molecule has 1 unspecified atom stereocenters. The fourth-order valence-electron chi connectivity index (χ4n) is 7.88. The number of rotatable bonds is 10. The number of H-pyrrole nitrogens is 2. The van der Waals surface area contributed by atoms with Gasteiger partial charge in [-0.3, -0.25) is 9.59 Å². The molecule has 0 saturated heterocycles. The minimum Gasteiger partial charge on any atom is -0.355 e. The number of nitrogens with one attached hydrogen (secondary N) is 2. The summed E-state index contributed by atoms with van der Waals surface area (Å²) in [4.78, 5) is 34.4. The maximum absolute atomic E-state index is 13.8. The molecule has 0 saturated carbocycles. The molecule has 2 aromatic heterocycles. The minimum absolute atomic E-state index is 0.00823. The van der Waals surface area contributed by atoms with Crippen LogP contribution in [-0.4, -0.2) is 29.6 Å². The first-order valence-electron chi connectivity index (χ1n) is 19.1. The Morgan fingerprint density at radius 2 is 0.906 bits per heavy atom. The molecule has 0 aliphatic carbocycles. The Bertz CT molecular complexity index is 2080. The van der Waals surface area contributed by atoms with Gasteiger partial charge in [-0.2, -0.15) is 0 Å². The van der Waals surface area contributed by atoms with Crippen molar-refractivity contribution in [3.8, 4) is 11.5 Å². The molecule has 0 spiro atoms. The van der Waals surface area contributed by atoms with Crippen LogP contribution in [0.5, 0.6) is 0 Å². The fraction of sp³-hybridized carbons (Fsp3) is 0.375. The summed E-state index contributed by atoms with van der Waals surface area (Å²) in [5.74, 6) is 3.12. The number of benzene rings is 3. The van der Waals surface area contributed by atoms with E-state index in [-0.39, 0.29) is 28.3 Å². The average Bonchev–Trinajstić information content (AvgIpc) is 3.79. The van der Waals surface area contributed by atoms with E-state index in [1.807, 2.05) is 72.8 Å². The summed E-state index contributed by atoms with van der Waals surface area (Å²) in [6.45, 7) is 27.0. The van der Waals surface area contributed by atoms with Gasteiger partial charge >= 0.3 is 0 Å². The number of hydrogen-bond acceptors (Lipinski definition) is 2. The van der Waals surface area contributed by atoms with Gasteiger partial charge in [0, 0.05) is 28.1 Å². The van der Waals surface area contributed by atoms with Gasteiger partial charge in [-0.05, 0) is 92.7 Å². The van der Waals surface area contributed by atoms with E-state index in [1.165, 1.54) is 11.1 Å². The molecule has 2 heterocycles. The Kier molecular flexibility index (Phi) is 11.5. The predicted octanol–water partition coefficient (Wildman–Crippen LogP) is 12.1. The summed E-state index contributed by atoms with van der Waals surface area (Å²) in [5.41, 5.74) is 13.9. The Morgan fingerprint density at radius 1 is 0.528 bits per heavy atom. The molecule has 5 heteroatoms. The first-order valence-corrected chi connectivity index (χ1v) is 21.4. The van der Waals surface area contributed by atoms with Gasteiger partial charge in [-0.25, -0.2) is 0 Å². The number of carbonyl (C=O) groups excluding carboxylic acids is 2. The molecule has 3 aromatic carbocycles. The fourth-order valence-corrected chi connectivity index (χ4v) is 13.1. The quantitative estimate of drug-likeness (QED) is 0.0856. The van der Waals surface area contributed by atoms with Crippen LogP contribution in [0.2, 0.25) is 16.6 Å². The summed E-state index contributed by atoms with van der Waals surface area (Å²) in [7, 11) is -1.86. The summed E-state index contributed by atoms with van der Waals surface area (Å²) < 4.78 is 0. The van der Waals surface area contributed by atoms with E-state index in [9.17, 15) is 9.59 Å². The van der Waals surface area contributed by atoms with Gasteiger partial charge in [0.1, 0.15) is 8.07 Å². The van der Waals surface area contributed by atoms with Crippen LogP contribution in [-0.2, 0) is 10.8 Å². The highest BCUT2D eigenvalue weighted by atomic mass is 28.3. The van der Waals surface area contributed by atoms with Crippen molar-refractivity contribution in [3.63, 3.8) is 0 Å². The van der Waals surface area contributed by atoms with Gasteiger partial charge in [0.15, 0.2) is 0 Å². The van der Waals surface area contributed by atoms with Crippen LogP contribution in [0.15, 0.2) is 97.1 Å². The highest BCUT2D eigenvalue weighted by Crippen LogP contribution is 2.41. The zero-order chi connectivity index (χ0) is 38.9. The standard InChI is InChI=1S/C48H58N2O2Si/c1-31(2)53(32(3)4,33(5)6)30-29-34-13-15-36(16-14-34)45(51)42-27-25-40(49-42)44(35-17-21-38(22-18-35)47(7,8)9)41-26-28-43(50-41)46(52)37-19-23-39(24-20-37)48(10,11)12/h13-28,31-33,44,49-50H,1-12H3. The second kappa shape index (κ2) is 15.4. The molecule has 5 rings (SSSR count). The molecule has 0 bridgehead atoms. The smallest absolute Gasteiger partial charge is 0.209 e. The Morgan fingerprint density at radius 3 is 1.28 bits per heavy atom. The van der Waals surface area contributed by atoms with Crippen LogP contribution in [0.25, 0.3) is 0 Å². The second-order valence-electron chi connectivity index (χ2n) is 17.7. The van der Waals surface area contributed by atoms with Crippen LogP contribution in [0.3, 0.4) is 0 Å². The molecule has 0 aliphatic rings. The maximum Gasteiger partial charge on any atom is 0.209 e. The van der Waals surface area contributed by atoms with Gasteiger partial charge < -0.3 is 9.97 Å². The number of carbonyl (C=O) groups is 2. The molecule has 1 atom stereocenters. The van der Waals surface area contributed by atoms with Crippen molar-refractivity contribution in [2.75, 3.05) is 0 Å². The van der Waals surface area contributed by atoms with E-state index in [0.717, 1.165) is 22.5 Å². The van der Waals surface area contributed by atoms with Crippen molar-refractivity contribution < 1.29 is 9.59 Å². The minimum atomic E-state index is -1.86. The van der Waals surface area contributed by atoms with Crippen molar-refractivity contribution in [1.82, 2.24) is 9.97 Å². The zero-order valence-corrected chi connectivity index (χ0v) is 34.9. The Balaban J connectivity index is 1.45. The molecule has 0 fully saturated rings. The van der Waals surface area contributed by atoms with Crippen molar-refractivity contribution in [2.24, 2.45) is 0 Å². The number of ketones is 2. The summed E-state index contributed by atoms with van der Waals surface area (Å²) in [6, 6.07) is 31.9. The normalized spacial score (nSPS) is 13.0. The average molecular weight is 723 g/mol. The summed E-state index contributed by atoms with van der Waals surface area (Å²) in [6.07, 6.45) is 0. The van der Waals surface area contributed by atoms with Crippen LogP contribution < -0.4 is 0 Å². The second-order valence-corrected chi connectivity index (χ2v) is 23.2. The van der Waals surface area contributed by atoms with Gasteiger partial charge in [0.2, 0.25) is 11.6 Å². The van der Waals surface area contributed by atoms with Crippen LogP contribution in [0.1, 0.15) is 155 Å². The zero-order valence-electron chi connectivity index (χ0n) is 33.9. The third-order valence-corrected chi connectivity index (χ3v) is 17.4. The molecule has 4 nitrogen and oxygen atoms in total. The van der Waals surface area contributed by atoms with Gasteiger partial charge in [0.05, 0.1) is 17.3 Å². The SMILES string of the molecule is CC(C)[Si](C#Cc1ccc(C(=O)c2ccc(C(c3ccc(C(C)(C)C)cc3)c3ccc(C(=O)c4ccc(C(C)(C)C)cc4)[nH]3)[nH]2)cc1)(C(C)C)C(C)C. The number of aromatic nitrogens is 2. The van der Waals surface area contributed by atoms with Crippen LogP contribution >= 0.6 is 0 Å². The molecular formula is C48H58N2O2Si. The highest BCUT2D eigenvalue weighted by Gasteiger charge is 2.41. The van der Waals surface area contributed by atoms with Crippen molar-refractivity contribution in [1.29, 1.82) is 0 Å². The van der Waals surface area contributed by atoms with Crippen molar-refractivity contribution >= 4 is 19.6 Å². The van der Waals surface area contributed by atoms with Gasteiger partial charge in [-0.1, -0.05) is 138 Å². The lowest BCUT2D eigenvalue weighted by molar-refractivity contribution is 0.102. The van der Waals surface area contributed by atoms with Gasteiger partial charge in [0.25, 0.3) is 0 Å². The lowest BCUT2D eigenvalue weighted by Gasteiger charge is -2.38. The predicted molar refractivity (Wildman–Crippen MR) is 224 cm³/mol. The Labute approximate surface area is 319 Å². The van der Waals surface area contributed by atoms with Crippen LogP contribution in [0, 0.1) is 11.5 Å². The Hall–Kier alpha value is -4.66. The van der Waals surface area contributed by atoms with E-state index < -0.39 is 8.07 Å². The first-order chi connectivity index (χ1) is 24.8. The molecular weight excluding hydrogens is 665 g/mol. The molecule has 0 aliphatic heterocycles. The van der Waals surface area contributed by atoms with E-state index in [4.69, 9.17) is 0 Å². The van der Waals surface area contributed by atoms with E-state index in [1.54, 1.807) is 0 Å². The maximum atomic E-state index is 13.8. The lowest BCUT2D eigenvalue weighted by Crippen LogP contribution is -2.43. The third kappa shape index (κ3) is 8.45. The van der Waals surface area contributed by atoms with E-state index in [0.29, 0.717) is 39.1 Å². The molecule has 2 N–H and O–H groups in total. The highest BCUT2D eigenvalue weighted by molar-refractivity contribution is 6.90. The molecule has 276 valence electrons. The molecule has 0 radical (unpaired) electrons. The number of aromatic amines is 2. The van der Waals surface area contributed by atoms with Crippen molar-refractivity contribution in [3.05, 3.63) is 153 Å². The third-order valence-electron chi connectivity index (χ3n) is 11.1. The van der Waals surface area contributed by atoms with Crippen molar-refractivity contribution in [2.45, 2.75) is 116 Å². The first kappa shape index (κ1) is 39.5. The van der Waals surface area contributed by atoms with E-state index in [2.05, 4.69) is 129 Å². The summed E-state index contributed by atoms with van der Waals surface area (Å²) in [5, 5.41) is 0. The van der Waals surface area contributed by atoms with Gasteiger partial charge in [-0.15, -0.1) is 5.54 Å². The van der Waals surface area contributed by atoms with E-state index >= 15 is 0 Å². The molecule has 53 heavy (non-hydrogen) atoms. The molecule has 5 aromatic rings. The monoisotopic (exact) mass is 722 g/mol. The lowest BCUT2D eigenvalue weighted by atomic mass is 9.84.